The Labute approximate surface area is 212 Å². The maximum atomic E-state index is 13.5. The van der Waals surface area contributed by atoms with Gasteiger partial charge in [-0.05, 0) is 60.7 Å². The zero-order valence-corrected chi connectivity index (χ0v) is 21.8. The van der Waals surface area contributed by atoms with Gasteiger partial charge in [0.05, 0.1) is 12.6 Å². The van der Waals surface area contributed by atoms with E-state index in [0.29, 0.717) is 12.5 Å². The van der Waals surface area contributed by atoms with Crippen LogP contribution in [0.2, 0.25) is 0 Å². The zero-order valence-electron chi connectivity index (χ0n) is 20.9. The number of benzene rings is 2. The minimum atomic E-state index is -0.254. The highest BCUT2D eigenvalue weighted by atomic mass is 31.1. The lowest BCUT2D eigenvalue weighted by atomic mass is 9.99. The van der Waals surface area contributed by atoms with E-state index in [1.165, 1.54) is 75.3 Å². The lowest BCUT2D eigenvalue weighted by Crippen LogP contribution is -2.39. The van der Waals surface area contributed by atoms with Gasteiger partial charge in [0.25, 0.3) is 0 Å². The molecule has 3 fully saturated rings. The summed E-state index contributed by atoms with van der Waals surface area (Å²) in [4.78, 5) is 20.9. The van der Waals surface area contributed by atoms with Crippen molar-refractivity contribution in [3.05, 3.63) is 65.7 Å². The van der Waals surface area contributed by atoms with E-state index >= 15 is 0 Å². The van der Waals surface area contributed by atoms with E-state index in [0.717, 1.165) is 30.0 Å². The van der Waals surface area contributed by atoms with Crippen molar-refractivity contribution in [2.45, 2.75) is 94.4 Å². The molecule has 0 bridgehead atoms. The number of amidine groups is 1. The summed E-state index contributed by atoms with van der Waals surface area (Å²) in [6, 6.07) is 19.7. The Morgan fingerprint density at radius 3 is 1.97 bits per heavy atom. The molecule has 1 atom stereocenters. The van der Waals surface area contributed by atoms with E-state index in [1.807, 2.05) is 0 Å². The van der Waals surface area contributed by atoms with E-state index in [2.05, 4.69) is 59.5 Å². The van der Waals surface area contributed by atoms with E-state index in [9.17, 15) is 4.79 Å². The summed E-state index contributed by atoms with van der Waals surface area (Å²) in [5.74, 6) is 1.47. The molecule has 0 N–H and O–H groups in total. The summed E-state index contributed by atoms with van der Waals surface area (Å²) in [5, 5.41) is 1.54. The van der Waals surface area contributed by atoms with Crippen molar-refractivity contribution >= 4 is 25.0 Å². The summed E-state index contributed by atoms with van der Waals surface area (Å²) < 4.78 is 0. The van der Waals surface area contributed by atoms with Crippen molar-refractivity contribution in [3.8, 4) is 0 Å². The van der Waals surface area contributed by atoms with Crippen LogP contribution in [-0.4, -0.2) is 34.5 Å². The first-order valence-corrected chi connectivity index (χ1v) is 15.6. The molecule has 0 saturated heterocycles. The predicted molar refractivity (Wildman–Crippen MR) is 147 cm³/mol. The molecule has 0 aromatic heterocycles. The van der Waals surface area contributed by atoms with Crippen LogP contribution in [0.5, 0.6) is 0 Å². The number of hydrogen-bond acceptors (Lipinski definition) is 2. The first-order chi connectivity index (χ1) is 17.3. The van der Waals surface area contributed by atoms with Crippen molar-refractivity contribution in [2.24, 2.45) is 10.9 Å². The highest BCUT2D eigenvalue weighted by Gasteiger charge is 2.41. The normalized spacial score (nSPS) is 24.1. The molecular weight excluding hydrogens is 447 g/mol. The van der Waals surface area contributed by atoms with Crippen LogP contribution < -0.4 is 5.30 Å². The summed E-state index contributed by atoms with van der Waals surface area (Å²) >= 11 is 0. The number of rotatable bonds is 6. The third-order valence-electron chi connectivity index (χ3n) is 8.63. The second-order valence-electron chi connectivity index (χ2n) is 11.1. The number of aliphatic imine (C=N–C) groups is 1. The zero-order chi connectivity index (χ0) is 23.6. The second-order valence-corrected chi connectivity index (χ2v) is 13.9. The van der Waals surface area contributed by atoms with Gasteiger partial charge in [0.1, 0.15) is 5.84 Å². The van der Waals surface area contributed by atoms with Crippen LogP contribution in [0.1, 0.15) is 94.2 Å². The van der Waals surface area contributed by atoms with E-state index < -0.39 is 0 Å². The van der Waals surface area contributed by atoms with Crippen molar-refractivity contribution in [1.29, 1.82) is 0 Å². The van der Waals surface area contributed by atoms with Crippen molar-refractivity contribution in [2.75, 3.05) is 6.54 Å². The molecule has 4 heteroatoms. The molecule has 0 unspecified atom stereocenters. The molecule has 1 aliphatic heterocycles. The molecule has 3 nitrogen and oxygen atoms in total. The second kappa shape index (κ2) is 10.6. The van der Waals surface area contributed by atoms with Gasteiger partial charge in [0.15, 0.2) is 0 Å². The van der Waals surface area contributed by atoms with Gasteiger partial charge in [-0.25, -0.2) is 0 Å². The van der Waals surface area contributed by atoms with Gasteiger partial charge in [-0.3, -0.25) is 14.7 Å². The van der Waals surface area contributed by atoms with Gasteiger partial charge >= 0.3 is 0 Å². The Morgan fingerprint density at radius 2 is 1.34 bits per heavy atom. The quantitative estimate of drug-likeness (QED) is 0.398. The number of carbonyl (C=O) groups is 1. The minimum Gasteiger partial charge on any atom is -0.294 e. The largest absolute Gasteiger partial charge is 0.294 e. The van der Waals surface area contributed by atoms with Crippen molar-refractivity contribution in [1.82, 2.24) is 4.90 Å². The Bertz CT molecular complexity index is 1030. The minimum absolute atomic E-state index is 0.0394. The maximum Gasteiger partial charge on any atom is 0.231 e. The van der Waals surface area contributed by atoms with Crippen LogP contribution in [-0.2, 0) is 4.79 Å². The SMILES string of the molecule is O=C(C1CC1)N1C[C@@H](c2ccccc2)N=C1c1ccccc1P(C1CCCCC1)C1CCCCC1. The smallest absolute Gasteiger partial charge is 0.231 e. The fourth-order valence-electron chi connectivity index (χ4n) is 6.63. The Hall–Kier alpha value is -1.99. The number of amides is 1. The molecule has 3 saturated carbocycles. The third kappa shape index (κ3) is 4.99. The van der Waals surface area contributed by atoms with Gasteiger partial charge in [-0.15, -0.1) is 0 Å². The van der Waals surface area contributed by atoms with Crippen LogP contribution in [0.15, 0.2) is 59.6 Å². The average molecular weight is 487 g/mol. The molecule has 4 aliphatic rings. The predicted octanol–water partition coefficient (Wildman–Crippen LogP) is 7.20. The number of carbonyl (C=O) groups excluding carboxylic acids is 1. The lowest BCUT2D eigenvalue weighted by molar-refractivity contribution is -0.128. The van der Waals surface area contributed by atoms with Crippen molar-refractivity contribution < 1.29 is 4.79 Å². The van der Waals surface area contributed by atoms with Gasteiger partial charge in [0.2, 0.25) is 5.91 Å². The first-order valence-electron chi connectivity index (χ1n) is 14.1. The molecule has 1 heterocycles. The Kier molecular flexibility index (Phi) is 7.06. The fourth-order valence-corrected chi connectivity index (χ4v) is 10.6. The van der Waals surface area contributed by atoms with Crippen LogP contribution in [0.4, 0.5) is 0 Å². The molecule has 184 valence electrons. The molecule has 0 radical (unpaired) electrons. The maximum absolute atomic E-state index is 13.5. The van der Waals surface area contributed by atoms with Gasteiger partial charge in [-0.2, -0.15) is 0 Å². The standard InChI is InChI=1S/C31H39N2OP/c34-31(24-20-21-24)33-22-28(23-12-4-1-5-13-23)32-30(33)27-18-10-11-19-29(27)35(25-14-6-2-7-15-25)26-16-8-3-9-17-26/h1,4-5,10-13,18-19,24-26,28H,2-3,6-9,14-17,20-22H2/t28-/m0/s1. The molecule has 1 amide bonds. The highest BCUT2D eigenvalue weighted by molar-refractivity contribution is 7.67. The topological polar surface area (TPSA) is 32.7 Å². The fraction of sp³-hybridized carbons (Fsp3) is 0.548. The molecule has 35 heavy (non-hydrogen) atoms. The molecule has 2 aromatic carbocycles. The van der Waals surface area contributed by atoms with Gasteiger partial charge in [0, 0.05) is 11.5 Å². The summed E-state index contributed by atoms with van der Waals surface area (Å²) in [6.07, 6.45) is 16.0. The molecule has 0 spiro atoms. The molecule has 3 aliphatic carbocycles. The lowest BCUT2D eigenvalue weighted by Gasteiger charge is -2.39. The summed E-state index contributed by atoms with van der Waals surface area (Å²) in [7, 11) is -0.254. The van der Waals surface area contributed by atoms with Crippen LogP contribution in [0.25, 0.3) is 0 Å². The third-order valence-corrected chi connectivity index (χ3v) is 12.2. The monoisotopic (exact) mass is 486 g/mol. The van der Waals surface area contributed by atoms with E-state index in [-0.39, 0.29) is 19.9 Å². The number of nitrogens with zero attached hydrogens (tertiary/aromatic N) is 2. The molecule has 6 rings (SSSR count). The highest BCUT2D eigenvalue weighted by Crippen LogP contribution is 2.55. The van der Waals surface area contributed by atoms with Crippen LogP contribution in [0.3, 0.4) is 0 Å². The Morgan fingerprint density at radius 1 is 0.743 bits per heavy atom. The first kappa shape index (κ1) is 23.4. The van der Waals surface area contributed by atoms with E-state index in [1.54, 1.807) is 5.30 Å². The van der Waals surface area contributed by atoms with E-state index in [4.69, 9.17) is 4.99 Å². The average Bonchev–Trinajstić information content (AvgIpc) is 3.69. The summed E-state index contributed by atoms with van der Waals surface area (Å²) in [6.45, 7) is 0.688. The van der Waals surface area contributed by atoms with Gasteiger partial charge in [-0.1, -0.05) is 101 Å². The summed E-state index contributed by atoms with van der Waals surface area (Å²) in [5.41, 5.74) is 4.16. The molecular formula is C31H39N2OP. The van der Waals surface area contributed by atoms with Crippen LogP contribution >= 0.6 is 7.92 Å². The number of hydrogen-bond donors (Lipinski definition) is 0. The van der Waals surface area contributed by atoms with Crippen molar-refractivity contribution in [3.63, 3.8) is 0 Å². The Balaban J connectivity index is 1.41. The van der Waals surface area contributed by atoms with Crippen LogP contribution in [0, 0.1) is 5.92 Å². The molecule has 2 aromatic rings. The van der Waals surface area contributed by atoms with Gasteiger partial charge < -0.3 is 0 Å².